The minimum absolute atomic E-state index is 0.0575. The molecule has 2 aliphatic rings. The number of benzene rings is 1. The molecular formula is C23H28N6O2. The number of nitriles is 1. The Labute approximate surface area is 181 Å². The molecule has 2 aromatic rings. The summed E-state index contributed by atoms with van der Waals surface area (Å²) in [5, 5.41) is 23.5. The van der Waals surface area contributed by atoms with Gasteiger partial charge in [-0.1, -0.05) is 0 Å². The zero-order valence-electron chi connectivity index (χ0n) is 18.1. The van der Waals surface area contributed by atoms with E-state index in [2.05, 4.69) is 26.3 Å². The number of ether oxygens (including phenoxy) is 1. The second kappa shape index (κ2) is 8.06. The fourth-order valence-corrected chi connectivity index (χ4v) is 3.73. The van der Waals surface area contributed by atoms with Crippen molar-refractivity contribution in [3.63, 3.8) is 0 Å². The fraction of sp³-hybridized carbons (Fsp3) is 0.478. The van der Waals surface area contributed by atoms with E-state index in [1.165, 1.54) is 0 Å². The van der Waals surface area contributed by atoms with E-state index < -0.39 is 5.54 Å². The SMILES string of the molecule is C[C@@H](Oc1cc(C(=N)/C=C\NC(C)(C)C#N)cc2ncn(C3CC3)c12)[C@H]1CNC(=O)C1. The van der Waals surface area contributed by atoms with Crippen LogP contribution in [0.2, 0.25) is 0 Å². The zero-order valence-corrected chi connectivity index (χ0v) is 18.1. The Morgan fingerprint density at radius 2 is 2.26 bits per heavy atom. The molecule has 162 valence electrons. The van der Waals surface area contributed by atoms with Gasteiger partial charge in [-0.2, -0.15) is 5.26 Å². The van der Waals surface area contributed by atoms with Gasteiger partial charge in [0.05, 0.1) is 23.6 Å². The standard InChI is InChI=1S/C23H28N6O2/c1-14(16-10-21(30)26-11-16)31-20-9-15(18(25)6-7-28-23(2,3)12-24)8-19-22(20)29(13-27-19)17-4-5-17/h6-9,13-14,16-17,25,28H,4-5,10-11H2,1-3H3,(H,26,30)/b7-6-,25-18?/t14-,16-/m1/s1. The summed E-state index contributed by atoms with van der Waals surface area (Å²) in [6.07, 6.45) is 7.67. The van der Waals surface area contributed by atoms with E-state index in [0.717, 1.165) is 23.9 Å². The lowest BCUT2D eigenvalue weighted by molar-refractivity contribution is -0.119. The van der Waals surface area contributed by atoms with Crippen LogP contribution in [0.5, 0.6) is 5.75 Å². The lowest BCUT2D eigenvalue weighted by Crippen LogP contribution is -2.33. The maximum Gasteiger partial charge on any atom is 0.220 e. The molecule has 8 nitrogen and oxygen atoms in total. The van der Waals surface area contributed by atoms with Crippen LogP contribution < -0.4 is 15.4 Å². The quantitative estimate of drug-likeness (QED) is 0.568. The summed E-state index contributed by atoms with van der Waals surface area (Å²) in [6.45, 7) is 6.14. The third-order valence-corrected chi connectivity index (χ3v) is 5.84. The fourth-order valence-electron chi connectivity index (χ4n) is 3.73. The van der Waals surface area contributed by atoms with Crippen LogP contribution in [-0.4, -0.2) is 39.4 Å². The van der Waals surface area contributed by atoms with Crippen molar-refractivity contribution in [2.24, 2.45) is 5.92 Å². The Morgan fingerprint density at radius 3 is 2.90 bits per heavy atom. The highest BCUT2D eigenvalue weighted by Gasteiger charge is 2.30. The first kappa shape index (κ1) is 20.9. The number of hydrogen-bond acceptors (Lipinski definition) is 6. The van der Waals surface area contributed by atoms with E-state index in [1.807, 2.05) is 25.4 Å². The monoisotopic (exact) mass is 420 g/mol. The highest BCUT2D eigenvalue weighted by molar-refractivity contribution is 6.08. The van der Waals surface area contributed by atoms with E-state index in [-0.39, 0.29) is 17.9 Å². The number of nitrogens with one attached hydrogen (secondary N) is 3. The number of imidazole rings is 1. The largest absolute Gasteiger partial charge is 0.488 e. The number of rotatable bonds is 8. The van der Waals surface area contributed by atoms with Gasteiger partial charge in [0.15, 0.2) is 0 Å². The van der Waals surface area contributed by atoms with Crippen LogP contribution in [0.4, 0.5) is 0 Å². The molecule has 1 saturated heterocycles. The van der Waals surface area contributed by atoms with Crippen molar-refractivity contribution >= 4 is 22.7 Å². The Bertz CT molecular complexity index is 1090. The summed E-state index contributed by atoms with van der Waals surface area (Å²) >= 11 is 0. The topological polar surface area (TPSA) is 116 Å². The van der Waals surface area contributed by atoms with E-state index >= 15 is 0 Å². The molecule has 2 fully saturated rings. The summed E-state index contributed by atoms with van der Waals surface area (Å²) in [6, 6.07) is 6.39. The molecule has 0 spiro atoms. The molecule has 1 aromatic carbocycles. The molecule has 1 saturated carbocycles. The Kier molecular flexibility index (Phi) is 5.44. The molecule has 31 heavy (non-hydrogen) atoms. The molecule has 0 unspecified atom stereocenters. The molecular weight excluding hydrogens is 392 g/mol. The molecule has 1 aromatic heterocycles. The number of hydrogen-bond donors (Lipinski definition) is 3. The summed E-state index contributed by atoms with van der Waals surface area (Å²) in [5.41, 5.74) is 2.00. The van der Waals surface area contributed by atoms with Crippen LogP contribution in [0.3, 0.4) is 0 Å². The first-order chi connectivity index (χ1) is 14.8. The lowest BCUT2D eigenvalue weighted by Gasteiger charge is -2.21. The molecule has 2 atom stereocenters. The van der Waals surface area contributed by atoms with Crippen molar-refractivity contribution in [3.8, 4) is 11.8 Å². The molecule has 8 heteroatoms. The average Bonchev–Trinajstić information content (AvgIpc) is 3.33. The van der Waals surface area contributed by atoms with Crippen LogP contribution in [0.25, 0.3) is 11.0 Å². The van der Waals surface area contributed by atoms with Crippen LogP contribution in [0, 0.1) is 22.7 Å². The molecule has 1 aliphatic carbocycles. The Balaban J connectivity index is 1.63. The average molecular weight is 421 g/mol. The maximum absolute atomic E-state index is 11.6. The first-order valence-corrected chi connectivity index (χ1v) is 10.7. The normalized spacial score (nSPS) is 19.9. The predicted octanol–water partition coefficient (Wildman–Crippen LogP) is 3.05. The van der Waals surface area contributed by atoms with E-state index in [9.17, 15) is 4.79 Å². The third kappa shape index (κ3) is 4.55. The van der Waals surface area contributed by atoms with E-state index in [0.29, 0.717) is 36.0 Å². The summed E-state index contributed by atoms with van der Waals surface area (Å²) < 4.78 is 8.53. The van der Waals surface area contributed by atoms with Crippen LogP contribution in [0.1, 0.15) is 51.6 Å². The van der Waals surface area contributed by atoms with Crippen molar-refractivity contribution in [3.05, 3.63) is 36.3 Å². The molecule has 0 bridgehead atoms. The Morgan fingerprint density at radius 1 is 1.48 bits per heavy atom. The third-order valence-electron chi connectivity index (χ3n) is 5.84. The second-order valence-corrected chi connectivity index (χ2v) is 8.94. The zero-order chi connectivity index (χ0) is 22.2. The van der Waals surface area contributed by atoms with Gasteiger partial charge >= 0.3 is 0 Å². The van der Waals surface area contributed by atoms with Gasteiger partial charge in [0.2, 0.25) is 5.91 Å². The number of nitrogens with zero attached hydrogens (tertiary/aromatic N) is 3. The summed E-state index contributed by atoms with van der Waals surface area (Å²) in [4.78, 5) is 16.2. The minimum Gasteiger partial charge on any atom is -0.488 e. The summed E-state index contributed by atoms with van der Waals surface area (Å²) in [7, 11) is 0. The van der Waals surface area contributed by atoms with Crippen LogP contribution >= 0.6 is 0 Å². The van der Waals surface area contributed by atoms with Gasteiger partial charge in [-0.25, -0.2) is 4.98 Å². The lowest BCUT2D eigenvalue weighted by atomic mass is 10.0. The van der Waals surface area contributed by atoms with E-state index in [1.54, 1.807) is 26.1 Å². The van der Waals surface area contributed by atoms with E-state index in [4.69, 9.17) is 15.4 Å². The minimum atomic E-state index is -0.708. The molecule has 3 N–H and O–H groups in total. The van der Waals surface area contributed by atoms with Gasteiger partial charge in [-0.3, -0.25) is 4.79 Å². The molecule has 1 amide bonds. The van der Waals surface area contributed by atoms with Gasteiger partial charge in [0, 0.05) is 30.5 Å². The first-order valence-electron chi connectivity index (χ1n) is 10.7. The maximum atomic E-state index is 11.6. The van der Waals surface area contributed by atoms with Crippen molar-refractivity contribution < 1.29 is 9.53 Å². The molecule has 2 heterocycles. The number of allylic oxidation sites excluding steroid dienone is 1. The van der Waals surface area contributed by atoms with Gasteiger partial charge in [0.1, 0.15) is 22.9 Å². The van der Waals surface area contributed by atoms with Crippen molar-refractivity contribution in [2.45, 2.75) is 57.7 Å². The van der Waals surface area contributed by atoms with Crippen molar-refractivity contribution in [1.82, 2.24) is 20.2 Å². The van der Waals surface area contributed by atoms with Gasteiger partial charge in [0.25, 0.3) is 0 Å². The number of carbonyl (C=O) groups excluding carboxylic acids is 1. The highest BCUT2D eigenvalue weighted by atomic mass is 16.5. The van der Waals surface area contributed by atoms with Crippen LogP contribution in [-0.2, 0) is 4.79 Å². The van der Waals surface area contributed by atoms with Gasteiger partial charge in [-0.15, -0.1) is 0 Å². The van der Waals surface area contributed by atoms with Gasteiger partial charge < -0.3 is 25.3 Å². The second-order valence-electron chi connectivity index (χ2n) is 8.94. The smallest absolute Gasteiger partial charge is 0.220 e. The number of fused-ring (bicyclic) bond motifs is 1. The predicted molar refractivity (Wildman–Crippen MR) is 118 cm³/mol. The number of carbonyl (C=O) groups is 1. The van der Waals surface area contributed by atoms with Gasteiger partial charge in [-0.05, 0) is 58.0 Å². The molecule has 4 rings (SSSR count). The number of amides is 1. The van der Waals surface area contributed by atoms with Crippen LogP contribution in [0.15, 0.2) is 30.7 Å². The van der Waals surface area contributed by atoms with Crippen molar-refractivity contribution in [1.29, 1.82) is 10.7 Å². The molecule has 0 radical (unpaired) electrons. The molecule has 1 aliphatic heterocycles. The van der Waals surface area contributed by atoms with Crippen molar-refractivity contribution in [2.75, 3.05) is 6.54 Å². The number of aromatic nitrogens is 2. The highest BCUT2D eigenvalue weighted by Crippen LogP contribution is 2.40. The summed E-state index contributed by atoms with van der Waals surface area (Å²) in [5.74, 6) is 0.856. The Hall–Kier alpha value is -3.34.